The van der Waals surface area contributed by atoms with Crippen LogP contribution in [0.15, 0.2) is 55.2 Å². The Balaban J connectivity index is 1.19. The molecule has 0 radical (unpaired) electrons. The monoisotopic (exact) mass is 453 g/mol. The Kier molecular flexibility index (Phi) is 5.10. The number of benzene rings is 1. The van der Waals surface area contributed by atoms with Gasteiger partial charge >= 0.3 is 0 Å². The standard InChI is InChI=1S/C26H27N7O/c1-32-17-28-14-22(32)18-2-3-20-13-30-24(31-21(20)10-18)12-23(34)19-4-7-29-25(11-19)33-15-26(16-33)5-8-27-9-6-26/h2-4,7,10-11,13-14,17,27H,5-6,8-9,12,15-16H2,1H3. The third-order valence-corrected chi connectivity index (χ3v) is 7.17. The van der Waals surface area contributed by atoms with Gasteiger partial charge in [-0.05, 0) is 44.1 Å². The summed E-state index contributed by atoms with van der Waals surface area (Å²) in [6.45, 7) is 4.22. The molecule has 0 aliphatic carbocycles. The first-order valence-corrected chi connectivity index (χ1v) is 11.8. The number of anilines is 1. The van der Waals surface area contributed by atoms with Gasteiger partial charge in [0, 0.05) is 54.5 Å². The molecule has 6 rings (SSSR count). The van der Waals surface area contributed by atoms with Crippen LogP contribution in [0.2, 0.25) is 0 Å². The molecule has 5 heterocycles. The lowest BCUT2D eigenvalue weighted by Gasteiger charge is -2.53. The summed E-state index contributed by atoms with van der Waals surface area (Å²) in [5.74, 6) is 1.41. The van der Waals surface area contributed by atoms with Crippen LogP contribution in [0.3, 0.4) is 0 Å². The molecule has 2 aliphatic heterocycles. The summed E-state index contributed by atoms with van der Waals surface area (Å²) in [6, 6.07) is 9.76. The number of carbonyl (C=O) groups is 1. The van der Waals surface area contributed by atoms with Crippen LogP contribution in [-0.2, 0) is 13.5 Å². The number of hydrogen-bond acceptors (Lipinski definition) is 7. The normalized spacial score (nSPS) is 17.1. The Morgan fingerprint density at radius 2 is 1.94 bits per heavy atom. The van der Waals surface area contributed by atoms with Crippen LogP contribution in [0, 0.1) is 5.41 Å². The van der Waals surface area contributed by atoms with Gasteiger partial charge < -0.3 is 14.8 Å². The molecule has 0 amide bonds. The number of Topliss-reactive ketones (excluding diaryl/α,β-unsaturated/α-hetero) is 1. The molecule has 8 heteroatoms. The summed E-state index contributed by atoms with van der Waals surface area (Å²) >= 11 is 0. The molecule has 3 aromatic heterocycles. The highest BCUT2D eigenvalue weighted by Crippen LogP contribution is 2.40. The van der Waals surface area contributed by atoms with Gasteiger partial charge in [0.1, 0.15) is 11.6 Å². The number of carbonyl (C=O) groups excluding carboxylic acids is 1. The predicted octanol–water partition coefficient (Wildman–Crippen LogP) is 3.04. The van der Waals surface area contributed by atoms with Crippen molar-refractivity contribution >= 4 is 22.5 Å². The third-order valence-electron chi connectivity index (χ3n) is 7.17. The van der Waals surface area contributed by atoms with Crippen LogP contribution in [-0.4, -0.2) is 56.5 Å². The number of nitrogens with zero attached hydrogens (tertiary/aromatic N) is 6. The molecule has 8 nitrogen and oxygen atoms in total. The molecule has 1 aromatic carbocycles. The van der Waals surface area contributed by atoms with Crippen molar-refractivity contribution in [3.8, 4) is 11.3 Å². The number of ketones is 1. The summed E-state index contributed by atoms with van der Waals surface area (Å²) in [6.07, 6.45) is 9.71. The van der Waals surface area contributed by atoms with Gasteiger partial charge in [-0.3, -0.25) is 4.79 Å². The highest BCUT2D eigenvalue weighted by molar-refractivity contribution is 5.98. The van der Waals surface area contributed by atoms with E-state index in [1.165, 1.54) is 12.8 Å². The first-order chi connectivity index (χ1) is 16.6. The van der Waals surface area contributed by atoms with Crippen molar-refractivity contribution in [3.63, 3.8) is 0 Å². The highest BCUT2D eigenvalue weighted by Gasteiger charge is 2.43. The largest absolute Gasteiger partial charge is 0.355 e. The number of nitrogens with one attached hydrogen (secondary N) is 1. The molecular formula is C26H27N7O. The second-order valence-electron chi connectivity index (χ2n) is 9.56. The van der Waals surface area contributed by atoms with E-state index in [4.69, 9.17) is 0 Å². The number of fused-ring (bicyclic) bond motifs is 1. The smallest absolute Gasteiger partial charge is 0.170 e. The van der Waals surface area contributed by atoms with Crippen LogP contribution >= 0.6 is 0 Å². The molecular weight excluding hydrogens is 426 g/mol. The minimum Gasteiger partial charge on any atom is -0.355 e. The van der Waals surface area contributed by atoms with Gasteiger partial charge in [-0.15, -0.1) is 0 Å². The van der Waals surface area contributed by atoms with Crippen molar-refractivity contribution in [2.45, 2.75) is 19.3 Å². The lowest BCUT2D eigenvalue weighted by atomic mass is 9.72. The van der Waals surface area contributed by atoms with E-state index in [-0.39, 0.29) is 12.2 Å². The average molecular weight is 454 g/mol. The Morgan fingerprint density at radius 1 is 1.09 bits per heavy atom. The van der Waals surface area contributed by atoms with E-state index in [1.54, 1.807) is 24.8 Å². The summed E-state index contributed by atoms with van der Waals surface area (Å²) in [7, 11) is 1.96. The van der Waals surface area contributed by atoms with E-state index in [0.29, 0.717) is 16.8 Å². The molecule has 1 N–H and O–H groups in total. The molecule has 4 aromatic rings. The molecule has 1 spiro atoms. The van der Waals surface area contributed by atoms with Crippen molar-refractivity contribution in [1.29, 1.82) is 0 Å². The van der Waals surface area contributed by atoms with Gasteiger partial charge in [-0.1, -0.05) is 12.1 Å². The summed E-state index contributed by atoms with van der Waals surface area (Å²) in [5, 5.41) is 4.38. The van der Waals surface area contributed by atoms with Crippen LogP contribution in [0.1, 0.15) is 29.0 Å². The van der Waals surface area contributed by atoms with Crippen molar-refractivity contribution in [2.75, 3.05) is 31.1 Å². The second-order valence-corrected chi connectivity index (χ2v) is 9.56. The summed E-state index contributed by atoms with van der Waals surface area (Å²) in [5.41, 5.74) is 3.94. The quantitative estimate of drug-likeness (QED) is 0.465. The van der Waals surface area contributed by atoms with Gasteiger partial charge in [-0.25, -0.2) is 19.9 Å². The average Bonchev–Trinajstić information content (AvgIpc) is 3.28. The molecule has 34 heavy (non-hydrogen) atoms. The Morgan fingerprint density at radius 3 is 2.74 bits per heavy atom. The Labute approximate surface area is 198 Å². The lowest BCUT2D eigenvalue weighted by molar-refractivity contribution is 0.0990. The minimum atomic E-state index is 0.00268. The maximum atomic E-state index is 13.1. The number of aryl methyl sites for hydroxylation is 1. The van der Waals surface area contributed by atoms with Crippen molar-refractivity contribution in [3.05, 3.63) is 66.6 Å². The number of imidazole rings is 1. The molecule has 172 valence electrons. The van der Waals surface area contributed by atoms with Gasteiger partial charge in [0.2, 0.25) is 0 Å². The van der Waals surface area contributed by atoms with Crippen molar-refractivity contribution < 1.29 is 4.79 Å². The van der Waals surface area contributed by atoms with E-state index in [0.717, 1.165) is 54.2 Å². The maximum Gasteiger partial charge on any atom is 0.170 e. The van der Waals surface area contributed by atoms with E-state index < -0.39 is 0 Å². The zero-order valence-electron chi connectivity index (χ0n) is 19.2. The molecule has 2 saturated heterocycles. The first kappa shape index (κ1) is 20.9. The van der Waals surface area contributed by atoms with E-state index in [9.17, 15) is 4.79 Å². The summed E-state index contributed by atoms with van der Waals surface area (Å²) < 4.78 is 1.97. The topological polar surface area (TPSA) is 88.8 Å². The number of pyridine rings is 1. The minimum absolute atomic E-state index is 0.00268. The van der Waals surface area contributed by atoms with Gasteiger partial charge in [0.05, 0.1) is 30.2 Å². The predicted molar refractivity (Wildman–Crippen MR) is 131 cm³/mol. The first-order valence-electron chi connectivity index (χ1n) is 11.8. The summed E-state index contributed by atoms with van der Waals surface area (Å²) in [4.78, 5) is 33.2. The SMILES string of the molecule is Cn1cncc1-c1ccc2cnc(CC(=O)c3ccnc(N4CC5(CCNCC5)C4)c3)nc2c1. The van der Waals surface area contributed by atoms with Crippen LogP contribution in [0.25, 0.3) is 22.2 Å². The van der Waals surface area contributed by atoms with Crippen LogP contribution in [0.5, 0.6) is 0 Å². The molecule has 0 bridgehead atoms. The van der Waals surface area contributed by atoms with Crippen molar-refractivity contribution in [2.24, 2.45) is 12.5 Å². The van der Waals surface area contributed by atoms with E-state index in [2.05, 4.69) is 30.2 Å². The molecule has 2 fully saturated rings. The number of rotatable bonds is 5. The lowest BCUT2D eigenvalue weighted by Crippen LogP contribution is -2.60. The third kappa shape index (κ3) is 3.84. The molecule has 2 aliphatic rings. The zero-order valence-corrected chi connectivity index (χ0v) is 19.2. The van der Waals surface area contributed by atoms with Gasteiger partial charge in [0.25, 0.3) is 0 Å². The highest BCUT2D eigenvalue weighted by atomic mass is 16.1. The molecule has 0 atom stereocenters. The molecule has 0 unspecified atom stereocenters. The number of aromatic nitrogens is 5. The van der Waals surface area contributed by atoms with Crippen molar-refractivity contribution in [1.82, 2.24) is 29.8 Å². The van der Waals surface area contributed by atoms with Gasteiger partial charge in [-0.2, -0.15) is 0 Å². The fourth-order valence-electron chi connectivity index (χ4n) is 5.15. The van der Waals surface area contributed by atoms with Gasteiger partial charge in [0.15, 0.2) is 5.78 Å². The number of hydrogen-bond donors (Lipinski definition) is 1. The fraction of sp³-hybridized carbons (Fsp3) is 0.346. The number of piperidine rings is 1. The van der Waals surface area contributed by atoms with E-state index in [1.807, 2.05) is 42.1 Å². The van der Waals surface area contributed by atoms with Crippen LogP contribution in [0.4, 0.5) is 5.82 Å². The second kappa shape index (κ2) is 8.29. The van der Waals surface area contributed by atoms with Crippen LogP contribution < -0.4 is 10.2 Å². The zero-order chi connectivity index (χ0) is 23.1. The molecule has 0 saturated carbocycles. The Bertz CT molecular complexity index is 1360. The van der Waals surface area contributed by atoms with E-state index >= 15 is 0 Å². The Hall–Kier alpha value is -3.65. The maximum absolute atomic E-state index is 13.1. The fourth-order valence-corrected chi connectivity index (χ4v) is 5.15.